The number of hydrogen-bond donors (Lipinski definition) is 2. The molecule has 0 radical (unpaired) electrons. The summed E-state index contributed by atoms with van der Waals surface area (Å²) in [4.78, 5) is 0.0347. The molecule has 1 saturated carbocycles. The molecule has 0 amide bonds. The first-order chi connectivity index (χ1) is 15.5. The highest BCUT2D eigenvalue weighted by Gasteiger charge is 2.41. The van der Waals surface area contributed by atoms with Gasteiger partial charge in [-0.2, -0.15) is 18.3 Å². The van der Waals surface area contributed by atoms with Crippen molar-refractivity contribution in [3.05, 3.63) is 35.0 Å². The van der Waals surface area contributed by atoms with Gasteiger partial charge in [0.1, 0.15) is 0 Å². The monoisotopic (exact) mass is 498 g/mol. The van der Waals surface area contributed by atoms with Gasteiger partial charge in [-0.05, 0) is 62.9 Å². The number of alkyl halides is 3. The van der Waals surface area contributed by atoms with E-state index in [4.69, 9.17) is 0 Å². The van der Waals surface area contributed by atoms with Gasteiger partial charge in [0.2, 0.25) is 20.2 Å². The Morgan fingerprint density at radius 2 is 2.03 bits per heavy atom. The second-order valence-electron chi connectivity index (χ2n) is 8.70. The minimum atomic E-state index is -4.63. The summed E-state index contributed by atoms with van der Waals surface area (Å²) in [7, 11) is -3.86. The number of aromatic nitrogens is 4. The number of halogens is 3. The molecule has 1 aromatic carbocycles. The number of sulfonamides is 1. The van der Waals surface area contributed by atoms with Crippen molar-refractivity contribution in [2.24, 2.45) is 0 Å². The average Bonchev–Trinajstić information content (AvgIpc) is 3.13. The molecule has 0 saturated heterocycles. The smallest absolute Gasteiger partial charge is 0.310 e. The highest BCUT2D eigenvalue weighted by atomic mass is 32.2. The summed E-state index contributed by atoms with van der Waals surface area (Å²) < 4.78 is 69.5. The van der Waals surface area contributed by atoms with E-state index in [2.05, 4.69) is 25.3 Å². The van der Waals surface area contributed by atoms with Crippen LogP contribution in [-0.2, 0) is 16.2 Å². The number of hydrogen-bond acceptors (Lipinski definition) is 7. The minimum absolute atomic E-state index is 0.0347. The predicted molar refractivity (Wildman–Crippen MR) is 118 cm³/mol. The highest BCUT2D eigenvalue weighted by molar-refractivity contribution is 7.89. The number of rotatable bonds is 5. The molecule has 5 rings (SSSR count). The second kappa shape index (κ2) is 7.58. The van der Waals surface area contributed by atoms with Gasteiger partial charge in [-0.1, -0.05) is 17.4 Å². The van der Waals surface area contributed by atoms with Gasteiger partial charge in [-0.15, -0.1) is 10.2 Å². The molecule has 176 valence electrons. The Kier molecular flexibility index (Phi) is 5.16. The third-order valence-corrected chi connectivity index (χ3v) is 8.41. The quantitative estimate of drug-likeness (QED) is 0.559. The molecule has 2 aliphatic rings. The largest absolute Gasteiger partial charge is 0.445 e. The topological polar surface area (TPSA) is 102 Å². The van der Waals surface area contributed by atoms with Crippen molar-refractivity contribution in [1.82, 2.24) is 30.0 Å². The van der Waals surface area contributed by atoms with Gasteiger partial charge >= 0.3 is 6.18 Å². The van der Waals surface area contributed by atoms with E-state index in [0.717, 1.165) is 25.0 Å². The van der Waals surface area contributed by atoms with Gasteiger partial charge in [0.15, 0.2) is 0 Å². The Balaban J connectivity index is 1.70. The van der Waals surface area contributed by atoms with Crippen LogP contribution >= 0.6 is 11.3 Å². The van der Waals surface area contributed by atoms with Crippen LogP contribution in [-0.4, -0.2) is 46.5 Å². The van der Waals surface area contributed by atoms with Crippen molar-refractivity contribution in [1.29, 1.82) is 0 Å². The van der Waals surface area contributed by atoms with Crippen molar-refractivity contribution in [3.8, 4) is 5.13 Å². The van der Waals surface area contributed by atoms with Gasteiger partial charge in [-0.3, -0.25) is 0 Å². The van der Waals surface area contributed by atoms with Gasteiger partial charge in [-0.25, -0.2) is 17.8 Å². The number of nitrogens with zero attached hydrogens (tertiary/aromatic N) is 4. The average molecular weight is 499 g/mol. The van der Waals surface area contributed by atoms with Crippen molar-refractivity contribution in [2.75, 3.05) is 6.54 Å². The molecule has 13 heteroatoms. The van der Waals surface area contributed by atoms with Gasteiger partial charge in [0.05, 0.1) is 16.6 Å². The molecule has 1 aliphatic heterocycles. The zero-order chi connectivity index (χ0) is 23.6. The SMILES string of the molecule is CC1C=C(c2cc(S(=O)(=O)NC3(C)CC3)cc3c2cnn3-c2nnc(C(F)(F)F)s2)CCN1. The van der Waals surface area contributed by atoms with Crippen LogP contribution in [0.4, 0.5) is 13.2 Å². The molecule has 1 atom stereocenters. The Hall–Kier alpha value is -2.35. The second-order valence-corrected chi connectivity index (χ2v) is 11.3. The lowest BCUT2D eigenvalue weighted by atomic mass is 9.95. The van der Waals surface area contributed by atoms with Gasteiger partial charge in [0, 0.05) is 17.0 Å². The predicted octanol–water partition coefficient (Wildman–Crippen LogP) is 3.49. The zero-order valence-electron chi connectivity index (χ0n) is 17.8. The molecule has 1 fully saturated rings. The summed E-state index contributed by atoms with van der Waals surface area (Å²) in [6.45, 7) is 4.56. The van der Waals surface area contributed by atoms with Crippen LogP contribution in [0, 0.1) is 0 Å². The summed E-state index contributed by atoms with van der Waals surface area (Å²) in [6.07, 6.45) is 1.10. The zero-order valence-corrected chi connectivity index (χ0v) is 19.4. The Morgan fingerprint density at radius 3 is 2.67 bits per heavy atom. The molecule has 33 heavy (non-hydrogen) atoms. The number of benzene rings is 1. The van der Waals surface area contributed by atoms with Crippen molar-refractivity contribution >= 4 is 37.8 Å². The first kappa shape index (κ1) is 22.4. The van der Waals surface area contributed by atoms with E-state index >= 15 is 0 Å². The molecule has 1 unspecified atom stereocenters. The Morgan fingerprint density at radius 1 is 1.27 bits per heavy atom. The van der Waals surface area contributed by atoms with Crippen LogP contribution in [0.15, 0.2) is 29.3 Å². The molecule has 1 aliphatic carbocycles. The van der Waals surface area contributed by atoms with Crippen molar-refractivity contribution < 1.29 is 21.6 Å². The maximum absolute atomic E-state index is 13.2. The van der Waals surface area contributed by atoms with E-state index < -0.39 is 26.7 Å². The van der Waals surface area contributed by atoms with Crippen LogP contribution in [0.3, 0.4) is 0 Å². The van der Waals surface area contributed by atoms with Crippen LogP contribution in [0.5, 0.6) is 0 Å². The van der Waals surface area contributed by atoms with Crippen LogP contribution in [0.2, 0.25) is 0 Å². The standard InChI is InChI=1S/C20H21F3N6O2S2/c1-11-7-12(3-6-24-11)14-8-13(33(30,31)28-19(2)4-5-19)9-16-15(14)10-25-29(16)18-27-26-17(32-18)20(21,22)23/h7-11,24,28H,3-6H2,1-2H3. The van der Waals surface area contributed by atoms with E-state index in [1.807, 2.05) is 19.9 Å². The third-order valence-electron chi connectivity index (χ3n) is 5.85. The fraction of sp³-hybridized carbons (Fsp3) is 0.450. The van der Waals surface area contributed by atoms with E-state index in [1.165, 1.54) is 16.9 Å². The molecule has 2 aromatic heterocycles. The molecule has 0 bridgehead atoms. The summed E-state index contributed by atoms with van der Waals surface area (Å²) in [5.41, 5.74) is 1.52. The van der Waals surface area contributed by atoms with Gasteiger partial charge < -0.3 is 5.32 Å². The highest BCUT2D eigenvalue weighted by Crippen LogP contribution is 2.38. The molecule has 3 aromatic rings. The van der Waals surface area contributed by atoms with Crippen molar-refractivity contribution in [3.63, 3.8) is 0 Å². The van der Waals surface area contributed by atoms with Gasteiger partial charge in [0.25, 0.3) is 0 Å². The molecular formula is C20H21F3N6O2S2. The summed E-state index contributed by atoms with van der Waals surface area (Å²) >= 11 is 0.351. The first-order valence-corrected chi connectivity index (χ1v) is 12.7. The molecular weight excluding hydrogens is 477 g/mol. The van der Waals surface area contributed by atoms with Crippen LogP contribution in [0.1, 0.15) is 43.7 Å². The van der Waals surface area contributed by atoms with E-state index in [-0.39, 0.29) is 16.1 Å². The van der Waals surface area contributed by atoms with E-state index in [0.29, 0.717) is 34.2 Å². The van der Waals surface area contributed by atoms with E-state index in [1.54, 1.807) is 6.07 Å². The minimum Gasteiger partial charge on any atom is -0.310 e. The molecule has 0 spiro atoms. The molecule has 8 nitrogen and oxygen atoms in total. The third kappa shape index (κ3) is 4.29. The summed E-state index contributed by atoms with van der Waals surface area (Å²) in [5, 5.41) is 13.9. The fourth-order valence-corrected chi connectivity index (χ4v) is 6.06. The van der Waals surface area contributed by atoms with E-state index in [9.17, 15) is 21.6 Å². The van der Waals surface area contributed by atoms with Crippen LogP contribution in [0.25, 0.3) is 21.6 Å². The van der Waals surface area contributed by atoms with Crippen LogP contribution < -0.4 is 10.0 Å². The summed E-state index contributed by atoms with van der Waals surface area (Å²) in [5.74, 6) is 0. The normalized spacial score (nSPS) is 20.8. The maximum atomic E-state index is 13.2. The summed E-state index contributed by atoms with van der Waals surface area (Å²) in [6, 6.07) is 3.15. The number of fused-ring (bicyclic) bond motifs is 1. The lowest BCUT2D eigenvalue weighted by Gasteiger charge is -2.21. The molecule has 2 N–H and O–H groups in total. The fourth-order valence-electron chi connectivity index (χ4n) is 3.87. The Labute approximate surface area is 191 Å². The first-order valence-electron chi connectivity index (χ1n) is 10.4. The molecule has 3 heterocycles. The Bertz CT molecular complexity index is 1370. The lowest BCUT2D eigenvalue weighted by molar-refractivity contribution is -0.138. The number of nitrogens with one attached hydrogen (secondary N) is 2. The van der Waals surface area contributed by atoms with Crippen molar-refractivity contribution in [2.45, 2.75) is 55.8 Å². The lowest BCUT2D eigenvalue weighted by Crippen LogP contribution is -2.34. The maximum Gasteiger partial charge on any atom is 0.445 e.